The van der Waals surface area contributed by atoms with E-state index in [1.807, 2.05) is 18.7 Å². The van der Waals surface area contributed by atoms with Crippen LogP contribution in [0.2, 0.25) is 0 Å². The predicted molar refractivity (Wildman–Crippen MR) is 82.4 cm³/mol. The summed E-state index contributed by atoms with van der Waals surface area (Å²) in [5, 5.41) is 19.7. The monoisotopic (exact) mass is 298 g/mol. The van der Waals surface area contributed by atoms with Gasteiger partial charge in [-0.3, -0.25) is 10.1 Å². The topological polar surface area (TPSA) is 73.0 Å². The van der Waals surface area contributed by atoms with Crippen LogP contribution in [0.1, 0.15) is 38.3 Å². The first-order valence-electron chi connectivity index (χ1n) is 7.06. The average molecular weight is 298 g/mol. The molecule has 2 unspecified atom stereocenters. The van der Waals surface area contributed by atoms with E-state index in [-0.39, 0.29) is 10.6 Å². The summed E-state index contributed by atoms with van der Waals surface area (Å²) in [4.78, 5) is 11.0. The molecule has 1 heterocycles. The Kier molecular flexibility index (Phi) is 4.91. The molecule has 0 radical (unpaired) electrons. The number of aryl methyl sites for hydroxylation is 2. The predicted octanol–water partition coefficient (Wildman–Crippen LogP) is 2.98. The van der Waals surface area contributed by atoms with Crippen molar-refractivity contribution >= 4 is 23.3 Å². The molecule has 0 saturated heterocycles. The Morgan fingerprint density at radius 1 is 1.55 bits per heavy atom. The van der Waals surface area contributed by atoms with Crippen molar-refractivity contribution in [3.8, 4) is 0 Å². The lowest BCUT2D eigenvalue weighted by Crippen LogP contribution is -2.18. The van der Waals surface area contributed by atoms with Crippen molar-refractivity contribution in [3.05, 3.63) is 15.8 Å². The van der Waals surface area contributed by atoms with Crippen molar-refractivity contribution in [1.29, 1.82) is 0 Å². The molecule has 2 atom stereocenters. The van der Waals surface area contributed by atoms with Crippen LogP contribution in [-0.2, 0) is 13.5 Å². The maximum Gasteiger partial charge on any atom is 0.333 e. The van der Waals surface area contributed by atoms with E-state index in [9.17, 15) is 10.1 Å². The van der Waals surface area contributed by atoms with Crippen molar-refractivity contribution in [2.45, 2.75) is 50.3 Å². The number of aromatic nitrogens is 2. The third kappa shape index (κ3) is 3.08. The molecule has 0 aromatic carbocycles. The van der Waals surface area contributed by atoms with Gasteiger partial charge in [-0.25, -0.2) is 4.68 Å². The van der Waals surface area contributed by atoms with Crippen LogP contribution in [0.5, 0.6) is 0 Å². The number of hydrogen-bond donors (Lipinski definition) is 1. The second kappa shape index (κ2) is 6.47. The SMILES string of the molecule is CCCc1nn(C)c(NC2CCC(SC)C2)c1[N+](=O)[O-]. The number of hydrogen-bond acceptors (Lipinski definition) is 5. The fourth-order valence-corrected chi connectivity index (χ4v) is 3.60. The second-order valence-corrected chi connectivity index (χ2v) is 6.42. The molecule has 2 rings (SSSR count). The van der Waals surface area contributed by atoms with Crippen LogP contribution in [0.4, 0.5) is 11.5 Å². The fraction of sp³-hybridized carbons (Fsp3) is 0.769. The van der Waals surface area contributed by atoms with Gasteiger partial charge in [0, 0.05) is 18.3 Å². The Bertz CT molecular complexity index is 489. The summed E-state index contributed by atoms with van der Waals surface area (Å²) < 4.78 is 1.62. The van der Waals surface area contributed by atoms with Crippen LogP contribution in [0.15, 0.2) is 0 Å². The number of anilines is 1. The molecule has 1 saturated carbocycles. The Labute approximate surface area is 123 Å². The minimum absolute atomic E-state index is 0.155. The zero-order valence-electron chi connectivity index (χ0n) is 12.3. The molecule has 7 heteroatoms. The maximum atomic E-state index is 11.3. The summed E-state index contributed by atoms with van der Waals surface area (Å²) in [6, 6.07) is 0.316. The van der Waals surface area contributed by atoms with Gasteiger partial charge in [-0.15, -0.1) is 0 Å². The zero-order chi connectivity index (χ0) is 14.7. The largest absolute Gasteiger partial charge is 0.362 e. The molecule has 1 aliphatic rings. The van der Waals surface area contributed by atoms with Gasteiger partial charge in [0.15, 0.2) is 0 Å². The van der Waals surface area contributed by atoms with Crippen molar-refractivity contribution < 1.29 is 4.92 Å². The first kappa shape index (κ1) is 15.2. The quantitative estimate of drug-likeness (QED) is 0.645. The molecule has 1 fully saturated rings. The van der Waals surface area contributed by atoms with Crippen LogP contribution < -0.4 is 5.32 Å². The average Bonchev–Trinajstić information content (AvgIpc) is 2.96. The number of nitrogens with one attached hydrogen (secondary N) is 1. The van der Waals surface area contributed by atoms with Gasteiger partial charge in [0.2, 0.25) is 5.82 Å². The maximum absolute atomic E-state index is 11.3. The van der Waals surface area contributed by atoms with Crippen LogP contribution in [-0.4, -0.2) is 32.3 Å². The van der Waals surface area contributed by atoms with Crippen LogP contribution in [0.25, 0.3) is 0 Å². The molecule has 0 bridgehead atoms. The highest BCUT2D eigenvalue weighted by molar-refractivity contribution is 7.99. The highest BCUT2D eigenvalue weighted by Gasteiger charge is 2.30. The molecule has 112 valence electrons. The van der Waals surface area contributed by atoms with E-state index in [0.29, 0.717) is 29.2 Å². The van der Waals surface area contributed by atoms with Gasteiger partial charge >= 0.3 is 5.69 Å². The molecular formula is C13H22N4O2S. The van der Waals surface area contributed by atoms with Crippen LogP contribution >= 0.6 is 11.8 Å². The van der Waals surface area contributed by atoms with E-state index in [1.54, 1.807) is 11.7 Å². The van der Waals surface area contributed by atoms with Gasteiger partial charge < -0.3 is 5.32 Å². The molecule has 1 aromatic rings. The van der Waals surface area contributed by atoms with E-state index in [4.69, 9.17) is 0 Å². The summed E-state index contributed by atoms with van der Waals surface area (Å²) in [7, 11) is 1.77. The summed E-state index contributed by atoms with van der Waals surface area (Å²) in [5.41, 5.74) is 0.740. The zero-order valence-corrected chi connectivity index (χ0v) is 13.1. The minimum Gasteiger partial charge on any atom is -0.362 e. The Morgan fingerprint density at radius 3 is 2.85 bits per heavy atom. The standard InChI is InChI=1S/C13H22N4O2S/c1-4-5-11-12(17(18)19)13(16(2)15-11)14-9-6-7-10(8-9)20-3/h9-10,14H,4-8H2,1-3H3. The van der Waals surface area contributed by atoms with E-state index < -0.39 is 0 Å². The third-order valence-electron chi connectivity index (χ3n) is 3.82. The summed E-state index contributed by atoms with van der Waals surface area (Å²) >= 11 is 1.88. The lowest BCUT2D eigenvalue weighted by atomic mass is 10.2. The van der Waals surface area contributed by atoms with Gasteiger partial charge in [0.1, 0.15) is 5.69 Å². The first-order valence-corrected chi connectivity index (χ1v) is 8.35. The van der Waals surface area contributed by atoms with Crippen molar-refractivity contribution in [3.63, 3.8) is 0 Å². The van der Waals surface area contributed by atoms with Crippen LogP contribution in [0, 0.1) is 10.1 Å². The molecule has 1 aromatic heterocycles. The smallest absolute Gasteiger partial charge is 0.333 e. The van der Waals surface area contributed by atoms with E-state index in [2.05, 4.69) is 16.7 Å². The Hall–Kier alpha value is -1.24. The lowest BCUT2D eigenvalue weighted by Gasteiger charge is -2.13. The second-order valence-electron chi connectivity index (χ2n) is 5.29. The van der Waals surface area contributed by atoms with Gasteiger partial charge in [-0.05, 0) is 31.9 Å². The molecule has 20 heavy (non-hydrogen) atoms. The van der Waals surface area contributed by atoms with Gasteiger partial charge in [0.25, 0.3) is 0 Å². The van der Waals surface area contributed by atoms with Crippen molar-refractivity contribution in [1.82, 2.24) is 9.78 Å². The summed E-state index contributed by atoms with van der Waals surface area (Å²) in [6.07, 6.45) is 6.92. The Balaban J connectivity index is 2.20. The van der Waals surface area contributed by atoms with E-state index >= 15 is 0 Å². The normalized spacial score (nSPS) is 22.1. The molecule has 6 nitrogen and oxygen atoms in total. The number of thioether (sulfide) groups is 1. The Morgan fingerprint density at radius 2 is 2.30 bits per heavy atom. The number of nitrogens with zero attached hydrogens (tertiary/aromatic N) is 3. The van der Waals surface area contributed by atoms with Gasteiger partial charge in [-0.2, -0.15) is 16.9 Å². The summed E-state index contributed by atoms with van der Waals surface area (Å²) in [6.45, 7) is 2.01. The molecule has 1 N–H and O–H groups in total. The highest BCUT2D eigenvalue weighted by Crippen LogP contribution is 2.34. The van der Waals surface area contributed by atoms with Crippen molar-refractivity contribution in [2.24, 2.45) is 7.05 Å². The number of rotatable bonds is 6. The lowest BCUT2D eigenvalue weighted by molar-refractivity contribution is -0.384. The van der Waals surface area contributed by atoms with E-state index in [0.717, 1.165) is 19.3 Å². The first-order chi connectivity index (χ1) is 9.56. The molecule has 0 aliphatic heterocycles. The third-order valence-corrected chi connectivity index (χ3v) is 4.91. The molecule has 0 amide bonds. The highest BCUT2D eigenvalue weighted by atomic mass is 32.2. The van der Waals surface area contributed by atoms with Gasteiger partial charge in [-0.1, -0.05) is 13.3 Å². The summed E-state index contributed by atoms with van der Waals surface area (Å²) in [5.74, 6) is 0.560. The van der Waals surface area contributed by atoms with E-state index in [1.165, 1.54) is 6.42 Å². The number of nitro groups is 1. The molecule has 1 aliphatic carbocycles. The van der Waals surface area contributed by atoms with Crippen molar-refractivity contribution in [2.75, 3.05) is 11.6 Å². The minimum atomic E-state index is -0.304. The molecule has 0 spiro atoms. The van der Waals surface area contributed by atoms with Crippen LogP contribution in [0.3, 0.4) is 0 Å². The fourth-order valence-electron chi connectivity index (χ4n) is 2.81. The molecular weight excluding hydrogens is 276 g/mol. The van der Waals surface area contributed by atoms with Gasteiger partial charge in [0.05, 0.1) is 4.92 Å².